The molecular weight excluding hydrogens is 254 g/mol. The number of nitrogens with one attached hydrogen (secondary N) is 1. The van der Waals surface area contributed by atoms with Crippen molar-refractivity contribution in [3.63, 3.8) is 0 Å². The molecular formula is C15H17N3O2. The summed E-state index contributed by atoms with van der Waals surface area (Å²) in [5.74, 6) is 0.110. The van der Waals surface area contributed by atoms with E-state index < -0.39 is 6.10 Å². The monoisotopic (exact) mass is 271 g/mol. The van der Waals surface area contributed by atoms with E-state index in [1.165, 1.54) is 5.56 Å². The number of hydrogen-bond donors (Lipinski definition) is 3. The second-order valence-corrected chi connectivity index (χ2v) is 4.94. The highest BCUT2D eigenvalue weighted by atomic mass is 16.3. The maximum absolute atomic E-state index is 10.1. The average Bonchev–Trinajstić information content (AvgIpc) is 2.92. The first-order valence-corrected chi connectivity index (χ1v) is 6.63. The first-order chi connectivity index (χ1) is 9.74. The molecule has 0 radical (unpaired) electrons. The van der Waals surface area contributed by atoms with Crippen LogP contribution in [0.1, 0.15) is 22.9 Å². The Hall–Kier alpha value is -2.27. The van der Waals surface area contributed by atoms with Crippen molar-refractivity contribution in [2.24, 2.45) is 0 Å². The topological polar surface area (TPSA) is 72.4 Å². The van der Waals surface area contributed by atoms with Crippen LogP contribution in [0.25, 0.3) is 0 Å². The molecule has 1 aromatic carbocycles. The number of aromatic hydroxyl groups is 1. The highest BCUT2D eigenvalue weighted by Gasteiger charge is 2.15. The summed E-state index contributed by atoms with van der Waals surface area (Å²) in [5.41, 5.74) is 2.90. The Morgan fingerprint density at radius 2 is 2.20 bits per heavy atom. The molecule has 0 saturated carbocycles. The number of aliphatic hydroxyl groups is 1. The highest BCUT2D eigenvalue weighted by Crippen LogP contribution is 2.25. The minimum atomic E-state index is -0.806. The summed E-state index contributed by atoms with van der Waals surface area (Å²) < 4.78 is 0. The van der Waals surface area contributed by atoms with Crippen molar-refractivity contribution in [1.82, 2.24) is 15.1 Å². The zero-order chi connectivity index (χ0) is 13.9. The van der Waals surface area contributed by atoms with Gasteiger partial charge in [0.05, 0.1) is 18.4 Å². The van der Waals surface area contributed by atoms with Gasteiger partial charge in [0.15, 0.2) is 0 Å². The van der Waals surface area contributed by atoms with Gasteiger partial charge in [0.25, 0.3) is 0 Å². The number of fused-ring (bicyclic) bond motifs is 1. The van der Waals surface area contributed by atoms with Gasteiger partial charge in [0.2, 0.25) is 0 Å². The van der Waals surface area contributed by atoms with E-state index in [1.807, 2.05) is 12.4 Å². The lowest BCUT2D eigenvalue weighted by Crippen LogP contribution is -2.25. The molecule has 104 valence electrons. The Morgan fingerprint density at radius 1 is 1.35 bits per heavy atom. The predicted molar refractivity (Wildman–Crippen MR) is 74.9 cm³/mol. The van der Waals surface area contributed by atoms with Gasteiger partial charge in [-0.15, -0.1) is 0 Å². The number of aromatic amines is 1. The quantitative estimate of drug-likeness (QED) is 0.795. The Morgan fingerprint density at radius 3 is 3.05 bits per heavy atom. The van der Waals surface area contributed by atoms with Crippen molar-refractivity contribution in [2.75, 3.05) is 6.54 Å². The van der Waals surface area contributed by atoms with Crippen LogP contribution in [-0.2, 0) is 13.0 Å². The molecule has 0 saturated heterocycles. The number of phenols is 1. The maximum atomic E-state index is 10.1. The Bertz CT molecular complexity index is 621. The summed E-state index contributed by atoms with van der Waals surface area (Å²) in [4.78, 5) is 2.11. The highest BCUT2D eigenvalue weighted by molar-refractivity contribution is 5.35. The fourth-order valence-corrected chi connectivity index (χ4v) is 2.41. The molecule has 1 aliphatic heterocycles. The van der Waals surface area contributed by atoms with E-state index >= 15 is 0 Å². The van der Waals surface area contributed by atoms with E-state index in [0.29, 0.717) is 5.56 Å². The third-order valence-electron chi connectivity index (χ3n) is 3.57. The summed E-state index contributed by atoms with van der Waals surface area (Å²) >= 11 is 0. The average molecular weight is 271 g/mol. The molecule has 1 atom stereocenters. The van der Waals surface area contributed by atoms with Gasteiger partial charge < -0.3 is 15.1 Å². The molecule has 3 N–H and O–H groups in total. The van der Waals surface area contributed by atoms with Gasteiger partial charge in [-0.2, -0.15) is 5.10 Å². The molecule has 0 amide bonds. The molecule has 5 nitrogen and oxygen atoms in total. The summed E-state index contributed by atoms with van der Waals surface area (Å²) in [5, 5.41) is 26.8. The summed E-state index contributed by atoms with van der Waals surface area (Å²) in [6, 6.07) is 6.82. The SMILES string of the molecule is Oc1ccccc1C(O)/C=C/N1CCc2cn[nH]c2C1. The van der Waals surface area contributed by atoms with E-state index in [4.69, 9.17) is 0 Å². The first-order valence-electron chi connectivity index (χ1n) is 6.63. The lowest BCUT2D eigenvalue weighted by molar-refractivity contribution is 0.219. The Balaban J connectivity index is 1.68. The number of benzene rings is 1. The number of aromatic nitrogens is 2. The largest absolute Gasteiger partial charge is 0.508 e. The molecule has 1 aromatic heterocycles. The van der Waals surface area contributed by atoms with Gasteiger partial charge in [0, 0.05) is 12.1 Å². The molecule has 5 heteroatoms. The van der Waals surface area contributed by atoms with E-state index in [2.05, 4.69) is 15.1 Å². The summed E-state index contributed by atoms with van der Waals surface area (Å²) in [6.45, 7) is 1.66. The maximum Gasteiger partial charge on any atom is 0.121 e. The minimum absolute atomic E-state index is 0.110. The van der Waals surface area contributed by atoms with Crippen molar-refractivity contribution in [2.45, 2.75) is 19.1 Å². The second kappa shape index (κ2) is 5.38. The van der Waals surface area contributed by atoms with Crippen molar-refractivity contribution in [3.8, 4) is 5.75 Å². The van der Waals surface area contributed by atoms with Crippen LogP contribution in [0.15, 0.2) is 42.7 Å². The molecule has 3 rings (SSSR count). The molecule has 0 bridgehead atoms. The Labute approximate surface area is 117 Å². The predicted octanol–water partition coefficient (Wildman–Crippen LogP) is 1.72. The standard InChI is InChI=1S/C15H17N3O2/c19-14-4-2-1-3-12(14)15(20)6-8-18-7-5-11-9-16-17-13(11)10-18/h1-4,6,8-9,15,19-20H,5,7,10H2,(H,16,17)/b8-6+. The van der Waals surface area contributed by atoms with E-state index in [9.17, 15) is 10.2 Å². The van der Waals surface area contributed by atoms with Gasteiger partial charge in [-0.25, -0.2) is 0 Å². The third kappa shape index (κ3) is 2.53. The van der Waals surface area contributed by atoms with Crippen LogP contribution in [-0.4, -0.2) is 31.9 Å². The summed E-state index contributed by atoms with van der Waals surface area (Å²) in [6.07, 6.45) is 5.58. The second-order valence-electron chi connectivity index (χ2n) is 4.94. The molecule has 0 spiro atoms. The van der Waals surface area contributed by atoms with Gasteiger partial charge >= 0.3 is 0 Å². The van der Waals surface area contributed by atoms with Gasteiger partial charge in [-0.3, -0.25) is 5.10 Å². The lowest BCUT2D eigenvalue weighted by atomic mass is 10.1. The zero-order valence-electron chi connectivity index (χ0n) is 11.0. The van der Waals surface area contributed by atoms with Crippen molar-refractivity contribution < 1.29 is 10.2 Å². The fraction of sp³-hybridized carbons (Fsp3) is 0.267. The minimum Gasteiger partial charge on any atom is -0.508 e. The number of rotatable bonds is 3. The van der Waals surface area contributed by atoms with Crippen LogP contribution in [0.3, 0.4) is 0 Å². The van der Waals surface area contributed by atoms with Crippen LogP contribution in [0.2, 0.25) is 0 Å². The smallest absolute Gasteiger partial charge is 0.121 e. The van der Waals surface area contributed by atoms with E-state index in [1.54, 1.807) is 30.3 Å². The lowest BCUT2D eigenvalue weighted by Gasteiger charge is -2.25. The zero-order valence-corrected chi connectivity index (χ0v) is 11.0. The number of aliphatic hydroxyl groups excluding tert-OH is 1. The van der Waals surface area contributed by atoms with Crippen LogP contribution < -0.4 is 0 Å². The molecule has 2 aromatic rings. The van der Waals surface area contributed by atoms with Crippen molar-refractivity contribution >= 4 is 0 Å². The molecule has 20 heavy (non-hydrogen) atoms. The number of nitrogens with zero attached hydrogens (tertiary/aromatic N) is 2. The van der Waals surface area contributed by atoms with Gasteiger partial charge in [-0.05, 0) is 30.3 Å². The van der Waals surface area contributed by atoms with Crippen molar-refractivity contribution in [1.29, 1.82) is 0 Å². The number of phenolic OH excluding ortho intramolecular Hbond substituents is 1. The van der Waals surface area contributed by atoms with Crippen molar-refractivity contribution in [3.05, 3.63) is 59.6 Å². The normalized spacial score (nSPS) is 16.4. The van der Waals surface area contributed by atoms with Gasteiger partial charge in [-0.1, -0.05) is 18.2 Å². The van der Waals surface area contributed by atoms with E-state index in [-0.39, 0.29) is 5.75 Å². The molecule has 0 fully saturated rings. The van der Waals surface area contributed by atoms with Crippen LogP contribution >= 0.6 is 0 Å². The van der Waals surface area contributed by atoms with Crippen LogP contribution in [0.4, 0.5) is 0 Å². The Kier molecular flexibility index (Phi) is 3.43. The molecule has 1 aliphatic rings. The number of H-pyrrole nitrogens is 1. The van der Waals surface area contributed by atoms with Gasteiger partial charge in [0.1, 0.15) is 11.9 Å². The number of para-hydroxylation sites is 1. The molecule has 0 aliphatic carbocycles. The first kappa shape index (κ1) is 12.7. The van der Waals surface area contributed by atoms with Crippen LogP contribution in [0.5, 0.6) is 5.75 Å². The summed E-state index contributed by atoms with van der Waals surface area (Å²) in [7, 11) is 0. The molecule has 2 heterocycles. The third-order valence-corrected chi connectivity index (χ3v) is 3.57. The van der Waals surface area contributed by atoms with Crippen LogP contribution in [0, 0.1) is 0 Å². The fourth-order valence-electron chi connectivity index (χ4n) is 2.41. The van der Waals surface area contributed by atoms with E-state index in [0.717, 1.165) is 25.2 Å². The number of hydrogen-bond acceptors (Lipinski definition) is 4. The molecule has 1 unspecified atom stereocenters.